The van der Waals surface area contributed by atoms with E-state index in [1.807, 2.05) is 5.32 Å². The standard InChI is InChI=1S/C7H11F3N2O/c8-7(9,10)6(13)12-5-3-1-2-4(5)11/h4-5H,1-3,11H2,(H,12,13)/t4-,5+/m1/s1. The van der Waals surface area contributed by atoms with Gasteiger partial charge in [-0.2, -0.15) is 13.2 Å². The number of rotatable bonds is 1. The fourth-order valence-corrected chi connectivity index (χ4v) is 1.42. The highest BCUT2D eigenvalue weighted by atomic mass is 19.4. The SMILES string of the molecule is N[C@@H]1CCC[C@@H]1NC(=O)C(F)(F)F. The topological polar surface area (TPSA) is 55.1 Å². The molecular formula is C7H11F3N2O. The summed E-state index contributed by atoms with van der Waals surface area (Å²) in [5, 5.41) is 1.88. The molecule has 1 fully saturated rings. The van der Waals surface area contributed by atoms with Gasteiger partial charge in [0.2, 0.25) is 0 Å². The van der Waals surface area contributed by atoms with Gasteiger partial charge < -0.3 is 11.1 Å². The third kappa shape index (κ3) is 2.58. The van der Waals surface area contributed by atoms with E-state index in [0.29, 0.717) is 12.8 Å². The molecule has 1 rings (SSSR count). The minimum atomic E-state index is -4.80. The van der Waals surface area contributed by atoms with Gasteiger partial charge in [-0.25, -0.2) is 0 Å². The lowest BCUT2D eigenvalue weighted by Crippen LogP contribution is -2.48. The molecule has 13 heavy (non-hydrogen) atoms. The number of hydrogen-bond acceptors (Lipinski definition) is 2. The van der Waals surface area contributed by atoms with Gasteiger partial charge in [-0.05, 0) is 19.3 Å². The molecule has 1 aliphatic carbocycles. The Morgan fingerprint density at radius 2 is 2.00 bits per heavy atom. The van der Waals surface area contributed by atoms with Crippen molar-refractivity contribution in [1.29, 1.82) is 0 Å². The summed E-state index contributed by atoms with van der Waals surface area (Å²) in [5.74, 6) is -1.89. The minimum absolute atomic E-state index is 0.341. The zero-order valence-electron chi connectivity index (χ0n) is 6.90. The van der Waals surface area contributed by atoms with Crippen LogP contribution in [-0.4, -0.2) is 24.2 Å². The molecule has 0 aromatic carbocycles. The van der Waals surface area contributed by atoms with Gasteiger partial charge in [0.1, 0.15) is 0 Å². The van der Waals surface area contributed by atoms with E-state index in [-0.39, 0.29) is 6.04 Å². The Morgan fingerprint density at radius 1 is 1.38 bits per heavy atom. The highest BCUT2D eigenvalue weighted by molar-refractivity contribution is 5.82. The van der Waals surface area contributed by atoms with Crippen molar-refractivity contribution in [2.75, 3.05) is 0 Å². The van der Waals surface area contributed by atoms with E-state index in [4.69, 9.17) is 5.73 Å². The summed E-state index contributed by atoms with van der Waals surface area (Å²) in [4.78, 5) is 10.5. The maximum Gasteiger partial charge on any atom is 0.471 e. The molecule has 2 atom stereocenters. The predicted octanol–water partition coefficient (Wildman–Crippen LogP) is 0.545. The van der Waals surface area contributed by atoms with Crippen LogP contribution in [0.2, 0.25) is 0 Å². The van der Waals surface area contributed by atoms with Crippen LogP contribution in [0.25, 0.3) is 0 Å². The van der Waals surface area contributed by atoms with Gasteiger partial charge in [0, 0.05) is 12.1 Å². The molecule has 3 N–H and O–H groups in total. The maximum atomic E-state index is 11.8. The fraction of sp³-hybridized carbons (Fsp3) is 0.857. The van der Waals surface area contributed by atoms with E-state index in [1.54, 1.807) is 0 Å². The second kappa shape index (κ2) is 3.53. The molecule has 0 aliphatic heterocycles. The van der Waals surface area contributed by atoms with E-state index in [0.717, 1.165) is 6.42 Å². The number of halogens is 3. The maximum absolute atomic E-state index is 11.8. The quantitative estimate of drug-likeness (QED) is 0.643. The van der Waals surface area contributed by atoms with Crippen LogP contribution < -0.4 is 11.1 Å². The van der Waals surface area contributed by atoms with Crippen molar-refractivity contribution in [3.63, 3.8) is 0 Å². The number of carbonyl (C=O) groups is 1. The molecule has 0 unspecified atom stereocenters. The smallest absolute Gasteiger partial charge is 0.344 e. The van der Waals surface area contributed by atoms with Crippen LogP contribution in [0.3, 0.4) is 0 Å². The Morgan fingerprint density at radius 3 is 2.38 bits per heavy atom. The van der Waals surface area contributed by atoms with Crippen LogP contribution in [0, 0.1) is 0 Å². The first-order valence-corrected chi connectivity index (χ1v) is 4.04. The molecule has 1 amide bonds. The average molecular weight is 196 g/mol. The van der Waals surface area contributed by atoms with Crippen molar-refractivity contribution in [3.05, 3.63) is 0 Å². The number of alkyl halides is 3. The minimum Gasteiger partial charge on any atom is -0.344 e. The zero-order chi connectivity index (χ0) is 10.1. The molecule has 0 saturated heterocycles. The van der Waals surface area contributed by atoms with E-state index >= 15 is 0 Å². The number of amides is 1. The van der Waals surface area contributed by atoms with E-state index in [2.05, 4.69) is 0 Å². The first kappa shape index (κ1) is 10.3. The van der Waals surface area contributed by atoms with Crippen LogP contribution in [0.1, 0.15) is 19.3 Å². The van der Waals surface area contributed by atoms with Gasteiger partial charge in [0.05, 0.1) is 0 Å². The highest BCUT2D eigenvalue weighted by Gasteiger charge is 2.41. The molecule has 0 aromatic rings. The lowest BCUT2D eigenvalue weighted by atomic mass is 10.2. The normalized spacial score (nSPS) is 28.9. The summed E-state index contributed by atoms with van der Waals surface area (Å²) >= 11 is 0. The monoisotopic (exact) mass is 196 g/mol. The number of hydrogen-bond donors (Lipinski definition) is 2. The largest absolute Gasteiger partial charge is 0.471 e. The van der Waals surface area contributed by atoms with Gasteiger partial charge in [-0.1, -0.05) is 0 Å². The summed E-state index contributed by atoms with van der Waals surface area (Å²) in [6.07, 6.45) is -2.84. The Balaban J connectivity index is 2.45. The summed E-state index contributed by atoms with van der Waals surface area (Å²) in [6.45, 7) is 0. The second-order valence-corrected chi connectivity index (χ2v) is 3.17. The fourth-order valence-electron chi connectivity index (χ4n) is 1.42. The van der Waals surface area contributed by atoms with Crippen LogP contribution in [-0.2, 0) is 4.79 Å². The third-order valence-corrected chi connectivity index (χ3v) is 2.14. The molecule has 6 heteroatoms. The van der Waals surface area contributed by atoms with E-state index in [9.17, 15) is 18.0 Å². The molecule has 1 aliphatic rings. The average Bonchev–Trinajstić information content (AvgIpc) is 2.34. The van der Waals surface area contributed by atoms with E-state index < -0.39 is 18.1 Å². The molecule has 0 bridgehead atoms. The van der Waals surface area contributed by atoms with Crippen LogP contribution >= 0.6 is 0 Å². The molecule has 3 nitrogen and oxygen atoms in total. The van der Waals surface area contributed by atoms with Crippen LogP contribution in [0.15, 0.2) is 0 Å². The zero-order valence-corrected chi connectivity index (χ0v) is 6.90. The van der Waals surface area contributed by atoms with Crippen molar-refractivity contribution in [1.82, 2.24) is 5.32 Å². The summed E-state index contributed by atoms with van der Waals surface area (Å²) in [6, 6.07) is -0.861. The van der Waals surface area contributed by atoms with Gasteiger partial charge in [0.25, 0.3) is 0 Å². The molecule has 1 saturated carbocycles. The van der Waals surface area contributed by atoms with Crippen LogP contribution in [0.4, 0.5) is 13.2 Å². The number of carbonyl (C=O) groups excluding carboxylic acids is 1. The van der Waals surface area contributed by atoms with Gasteiger partial charge in [-0.3, -0.25) is 4.79 Å². The van der Waals surface area contributed by atoms with Crippen molar-refractivity contribution >= 4 is 5.91 Å². The van der Waals surface area contributed by atoms with Gasteiger partial charge in [0.15, 0.2) is 0 Å². The first-order chi connectivity index (χ1) is 5.91. The lowest BCUT2D eigenvalue weighted by Gasteiger charge is -2.17. The van der Waals surface area contributed by atoms with Crippen molar-refractivity contribution in [2.45, 2.75) is 37.5 Å². The molecule has 0 heterocycles. The third-order valence-electron chi connectivity index (χ3n) is 2.14. The first-order valence-electron chi connectivity index (χ1n) is 4.04. The van der Waals surface area contributed by atoms with Gasteiger partial charge >= 0.3 is 12.1 Å². The second-order valence-electron chi connectivity index (χ2n) is 3.17. The summed E-state index contributed by atoms with van der Waals surface area (Å²) in [7, 11) is 0. The number of nitrogens with one attached hydrogen (secondary N) is 1. The summed E-state index contributed by atoms with van der Waals surface area (Å²) < 4.78 is 35.3. The van der Waals surface area contributed by atoms with Crippen molar-refractivity contribution in [2.24, 2.45) is 5.73 Å². The molecular weight excluding hydrogens is 185 g/mol. The van der Waals surface area contributed by atoms with Crippen molar-refractivity contribution < 1.29 is 18.0 Å². The predicted molar refractivity (Wildman–Crippen MR) is 39.8 cm³/mol. The Labute approximate surface area is 73.5 Å². The Kier molecular flexibility index (Phi) is 2.80. The van der Waals surface area contributed by atoms with E-state index in [1.165, 1.54) is 0 Å². The molecule has 0 radical (unpaired) electrons. The number of nitrogens with two attached hydrogens (primary N) is 1. The van der Waals surface area contributed by atoms with Crippen LogP contribution in [0.5, 0.6) is 0 Å². The molecule has 0 aromatic heterocycles. The summed E-state index contributed by atoms with van der Waals surface area (Å²) in [5.41, 5.74) is 5.49. The Hall–Kier alpha value is -0.780. The van der Waals surface area contributed by atoms with Crippen molar-refractivity contribution in [3.8, 4) is 0 Å². The molecule has 0 spiro atoms. The van der Waals surface area contributed by atoms with Gasteiger partial charge in [-0.15, -0.1) is 0 Å². The lowest BCUT2D eigenvalue weighted by molar-refractivity contribution is -0.174. The highest BCUT2D eigenvalue weighted by Crippen LogP contribution is 2.20. The molecule has 76 valence electrons. The Bertz CT molecular complexity index is 204.